The van der Waals surface area contributed by atoms with E-state index in [0.29, 0.717) is 54.7 Å². The molecule has 302 valence electrons. The highest BCUT2D eigenvalue weighted by Crippen LogP contribution is 2.38. The van der Waals surface area contributed by atoms with Crippen molar-refractivity contribution < 1.29 is 33.0 Å². The zero-order valence-corrected chi connectivity index (χ0v) is 32.2. The number of fused-ring (bicyclic) bond motifs is 1. The third-order valence-corrected chi connectivity index (χ3v) is 11.9. The molecular formula is C39H43N11O7S. The van der Waals surface area contributed by atoms with E-state index in [1.165, 1.54) is 30.6 Å². The Morgan fingerprint density at radius 3 is 2.22 bits per heavy atom. The van der Waals surface area contributed by atoms with E-state index in [1.54, 1.807) is 11.5 Å². The Morgan fingerprint density at radius 2 is 1.60 bits per heavy atom. The highest BCUT2D eigenvalue weighted by molar-refractivity contribution is 7.89. The van der Waals surface area contributed by atoms with Crippen LogP contribution >= 0.6 is 0 Å². The van der Waals surface area contributed by atoms with E-state index in [9.17, 15) is 33.0 Å². The zero-order valence-electron chi connectivity index (χ0n) is 31.3. The molecule has 3 aromatic carbocycles. The maximum atomic E-state index is 13.0. The molecule has 1 saturated carbocycles. The maximum absolute atomic E-state index is 13.0. The number of anilines is 3. The monoisotopic (exact) mass is 809 g/mol. The summed E-state index contributed by atoms with van der Waals surface area (Å²) in [5, 5.41) is 39.5. The van der Waals surface area contributed by atoms with Gasteiger partial charge in [0.2, 0.25) is 16.0 Å². The van der Waals surface area contributed by atoms with E-state index < -0.39 is 58.3 Å². The minimum atomic E-state index is -3.88. The molecule has 8 N–H and O–H groups in total. The van der Waals surface area contributed by atoms with Gasteiger partial charge in [-0.3, -0.25) is 9.69 Å². The molecular weight excluding hydrogens is 767 g/mol. The molecule has 5 amide bonds. The van der Waals surface area contributed by atoms with Crippen molar-refractivity contribution in [2.45, 2.75) is 67.0 Å². The minimum absolute atomic E-state index is 0.0570. The summed E-state index contributed by atoms with van der Waals surface area (Å²) in [6, 6.07) is 21.7. The number of nitrogens with zero attached hydrogens (tertiary/aromatic N) is 6. The van der Waals surface area contributed by atoms with E-state index in [0.717, 1.165) is 16.0 Å². The van der Waals surface area contributed by atoms with Crippen molar-refractivity contribution in [3.8, 4) is 0 Å². The Labute approximate surface area is 333 Å². The lowest BCUT2D eigenvalue weighted by atomic mass is 9.91. The maximum Gasteiger partial charge on any atom is 0.325 e. The lowest BCUT2D eigenvalue weighted by molar-refractivity contribution is -0.130. The molecule has 2 saturated heterocycles. The van der Waals surface area contributed by atoms with Crippen molar-refractivity contribution in [2.24, 2.45) is 5.14 Å². The molecule has 19 heteroatoms. The Balaban J connectivity index is 1.08. The Hall–Kier alpha value is -6.15. The number of hydrogen-bond acceptors (Lipinski definition) is 12. The summed E-state index contributed by atoms with van der Waals surface area (Å²) in [5.74, 6) is 0.223. The van der Waals surface area contributed by atoms with Crippen LogP contribution in [0.15, 0.2) is 96.2 Å². The van der Waals surface area contributed by atoms with E-state index in [-0.39, 0.29) is 23.3 Å². The number of aliphatic hydroxyl groups is 2. The number of sulfonamides is 1. The second-order valence-corrected chi connectivity index (χ2v) is 16.3. The molecule has 8 rings (SSSR count). The summed E-state index contributed by atoms with van der Waals surface area (Å²) in [4.78, 5) is 56.0. The molecule has 4 heterocycles. The highest BCUT2D eigenvalue weighted by atomic mass is 32.2. The van der Waals surface area contributed by atoms with Crippen LogP contribution < -0.4 is 31.3 Å². The summed E-state index contributed by atoms with van der Waals surface area (Å²) >= 11 is 0. The van der Waals surface area contributed by atoms with Crippen LogP contribution in [0.5, 0.6) is 0 Å². The van der Waals surface area contributed by atoms with Gasteiger partial charge in [-0.05, 0) is 55.2 Å². The highest BCUT2D eigenvalue weighted by Gasteiger charge is 2.51. The molecule has 5 aromatic rings. The second-order valence-electron chi connectivity index (χ2n) is 14.8. The van der Waals surface area contributed by atoms with Gasteiger partial charge in [-0.25, -0.2) is 28.1 Å². The molecule has 6 atom stereocenters. The van der Waals surface area contributed by atoms with Crippen LogP contribution in [0.4, 0.5) is 27.0 Å². The van der Waals surface area contributed by atoms with Crippen molar-refractivity contribution >= 4 is 56.6 Å². The standard InChI is InChI=1S/C39H43N11O7S/c1-22-36(53)50(39(55)43-22)30-18-29(32(51)33(30)52)49-21-42-31-34(41-19-28(23-8-4-2-5-9-23)24-10-6-3-7-11-24)46-37(47-35(31)49)48-17-16-26(20-48)45-38(54)44-25-12-14-27(15-13-25)58(40,56)57/h2-15,21-22,26,28-30,32-33,51-52H,16-20H2,1H3,(H,43,55)(H2,40,56,57)(H,41,46,47)(H2,44,45,54)/t22?,26?,29-,30+,32+,33-/m1/s1. The van der Waals surface area contributed by atoms with Crippen molar-refractivity contribution in [3.05, 3.63) is 102 Å². The van der Waals surface area contributed by atoms with Gasteiger partial charge in [-0.15, -0.1) is 0 Å². The number of primary sulfonamides is 1. The first-order valence-corrected chi connectivity index (χ1v) is 20.4. The number of hydrogen-bond donors (Lipinski definition) is 7. The van der Waals surface area contributed by atoms with Gasteiger partial charge in [0.25, 0.3) is 5.91 Å². The van der Waals surface area contributed by atoms with Gasteiger partial charge in [0.1, 0.15) is 18.2 Å². The molecule has 2 unspecified atom stereocenters. The van der Waals surface area contributed by atoms with E-state index in [1.807, 2.05) is 41.3 Å². The largest absolute Gasteiger partial charge is 0.388 e. The van der Waals surface area contributed by atoms with Crippen molar-refractivity contribution in [1.82, 2.24) is 35.1 Å². The lowest BCUT2D eigenvalue weighted by Crippen LogP contribution is -2.47. The smallest absolute Gasteiger partial charge is 0.325 e. The molecule has 3 fully saturated rings. The van der Waals surface area contributed by atoms with Gasteiger partial charge in [0, 0.05) is 37.3 Å². The first-order valence-electron chi connectivity index (χ1n) is 18.9. The number of aromatic nitrogens is 4. The topological polar surface area (TPSA) is 250 Å². The average molecular weight is 810 g/mol. The van der Waals surface area contributed by atoms with Gasteiger partial charge in [0.05, 0.1) is 23.3 Å². The molecule has 0 bridgehead atoms. The molecule has 0 radical (unpaired) electrons. The van der Waals surface area contributed by atoms with Crippen LogP contribution in [0.3, 0.4) is 0 Å². The van der Waals surface area contributed by atoms with Gasteiger partial charge in [0.15, 0.2) is 17.0 Å². The number of benzene rings is 3. The number of nitrogens with one attached hydrogen (secondary N) is 4. The van der Waals surface area contributed by atoms with Gasteiger partial charge >= 0.3 is 12.1 Å². The molecule has 2 aliphatic heterocycles. The van der Waals surface area contributed by atoms with Gasteiger partial charge in [-0.1, -0.05) is 60.7 Å². The minimum Gasteiger partial charge on any atom is -0.388 e. The van der Waals surface area contributed by atoms with Crippen LogP contribution in [-0.4, -0.2) is 111 Å². The SMILES string of the molecule is CC1NC(=O)N([C@H]2C[C@@H](n3cnc4c(NCC(c5ccccc5)c5ccccc5)nc(N5CCC(NC(=O)Nc6ccc(S(N)(=O)=O)cc6)C5)nc43)[C@H](O)[C@@H]2O)C1=O. The average Bonchev–Trinajstić information content (AvgIpc) is 3.98. The Bertz CT molecular complexity index is 2400. The van der Waals surface area contributed by atoms with E-state index in [4.69, 9.17) is 20.1 Å². The van der Waals surface area contributed by atoms with Gasteiger partial charge in [-0.2, -0.15) is 9.97 Å². The van der Waals surface area contributed by atoms with Gasteiger partial charge < -0.3 is 40.9 Å². The summed E-state index contributed by atoms with van der Waals surface area (Å²) in [7, 11) is -3.88. The fourth-order valence-electron chi connectivity index (χ4n) is 8.01. The van der Waals surface area contributed by atoms with E-state index in [2.05, 4.69) is 45.5 Å². The third kappa shape index (κ3) is 7.63. The molecule has 3 aliphatic rings. The predicted molar refractivity (Wildman–Crippen MR) is 213 cm³/mol. The number of amides is 5. The van der Waals surface area contributed by atoms with Crippen LogP contribution in [0.25, 0.3) is 11.2 Å². The van der Waals surface area contributed by atoms with Crippen LogP contribution in [0.1, 0.15) is 42.9 Å². The normalized spacial score (nSPS) is 23.5. The number of urea groups is 2. The summed E-state index contributed by atoms with van der Waals surface area (Å²) in [6.07, 6.45) is -0.635. The van der Waals surface area contributed by atoms with Crippen molar-refractivity contribution in [1.29, 1.82) is 0 Å². The first-order chi connectivity index (χ1) is 27.9. The second kappa shape index (κ2) is 15.7. The van der Waals surface area contributed by atoms with Crippen LogP contribution in [-0.2, 0) is 14.8 Å². The molecule has 18 nitrogen and oxygen atoms in total. The number of rotatable bonds is 11. The number of imide groups is 1. The van der Waals surface area contributed by atoms with E-state index >= 15 is 0 Å². The number of imidazole rings is 1. The van der Waals surface area contributed by atoms with Crippen molar-refractivity contribution in [3.63, 3.8) is 0 Å². The number of nitrogens with two attached hydrogens (primary N) is 1. The quantitative estimate of drug-likeness (QED) is 0.0949. The molecule has 0 spiro atoms. The van der Waals surface area contributed by atoms with Crippen LogP contribution in [0.2, 0.25) is 0 Å². The number of aliphatic hydroxyl groups excluding tert-OH is 2. The number of carbonyl (C=O) groups excluding carboxylic acids is 3. The summed E-state index contributed by atoms with van der Waals surface area (Å²) < 4.78 is 24.9. The fraction of sp³-hybridized carbons (Fsp3) is 0.333. The summed E-state index contributed by atoms with van der Waals surface area (Å²) in [6.45, 7) is 2.84. The molecule has 2 aromatic heterocycles. The summed E-state index contributed by atoms with van der Waals surface area (Å²) in [5.41, 5.74) is 3.34. The predicted octanol–water partition coefficient (Wildman–Crippen LogP) is 2.09. The fourth-order valence-corrected chi connectivity index (χ4v) is 8.52. The third-order valence-electron chi connectivity index (χ3n) is 11.0. The molecule has 1 aliphatic carbocycles. The van der Waals surface area contributed by atoms with Crippen LogP contribution in [0, 0.1) is 0 Å². The zero-order chi connectivity index (χ0) is 40.7. The van der Waals surface area contributed by atoms with Crippen molar-refractivity contribution in [2.75, 3.05) is 35.2 Å². The Morgan fingerprint density at radius 1 is 0.948 bits per heavy atom. The molecule has 58 heavy (non-hydrogen) atoms. The number of carbonyl (C=O) groups is 3. The lowest BCUT2D eigenvalue weighted by Gasteiger charge is -2.24. The Kier molecular flexibility index (Phi) is 10.4. The first kappa shape index (κ1) is 38.7.